The third kappa shape index (κ3) is 4.05. The van der Waals surface area contributed by atoms with Crippen molar-refractivity contribution in [1.82, 2.24) is 9.97 Å². The third-order valence-electron chi connectivity index (χ3n) is 5.53. The number of thiazole rings is 1. The van der Waals surface area contributed by atoms with Gasteiger partial charge in [0.05, 0.1) is 28.7 Å². The second-order valence-electron chi connectivity index (χ2n) is 8.72. The van der Waals surface area contributed by atoms with Crippen molar-refractivity contribution in [2.24, 2.45) is 5.41 Å². The van der Waals surface area contributed by atoms with E-state index in [9.17, 15) is 4.79 Å². The summed E-state index contributed by atoms with van der Waals surface area (Å²) in [6.07, 6.45) is 16.5. The van der Waals surface area contributed by atoms with Crippen LogP contribution in [0, 0.1) is 5.41 Å². The number of nitrogens with one attached hydrogen (secondary N) is 1. The smallest absolute Gasteiger partial charge is 0.194 e. The predicted octanol–water partition coefficient (Wildman–Crippen LogP) is 5.56. The summed E-state index contributed by atoms with van der Waals surface area (Å²) in [4.78, 5) is 24.3. The monoisotopic (exact) mass is 432 g/mol. The number of ether oxygens (including phenoxy) is 1. The first kappa shape index (κ1) is 19.8. The molecule has 0 atom stereocenters. The van der Waals surface area contributed by atoms with Gasteiger partial charge in [0, 0.05) is 30.1 Å². The lowest BCUT2D eigenvalue weighted by molar-refractivity contribution is 0.0916. The molecule has 31 heavy (non-hydrogen) atoms. The minimum atomic E-state index is -0.0383. The lowest BCUT2D eigenvalue weighted by Gasteiger charge is -2.26. The van der Waals surface area contributed by atoms with E-state index in [1.165, 1.54) is 11.3 Å². The van der Waals surface area contributed by atoms with Crippen LogP contribution in [0.25, 0.3) is 0 Å². The quantitative estimate of drug-likeness (QED) is 0.682. The fourth-order valence-corrected chi connectivity index (χ4v) is 5.06. The highest BCUT2D eigenvalue weighted by molar-refractivity contribution is 7.17. The molecule has 3 heterocycles. The van der Waals surface area contributed by atoms with Crippen LogP contribution in [-0.4, -0.2) is 15.8 Å². The molecule has 0 unspecified atom stereocenters. The third-order valence-corrected chi connectivity index (χ3v) is 6.68. The van der Waals surface area contributed by atoms with E-state index in [-0.39, 0.29) is 11.2 Å². The Hall–Kier alpha value is -3.19. The highest BCUT2D eigenvalue weighted by atomic mass is 32.1. The van der Waals surface area contributed by atoms with E-state index < -0.39 is 0 Å². The number of Topliss-reactive ketones (excluding diaryl/α,β-unsaturated/α-hetero) is 1. The summed E-state index contributed by atoms with van der Waals surface area (Å²) in [6.45, 7) is 4.25. The van der Waals surface area contributed by atoms with Gasteiger partial charge in [0.2, 0.25) is 0 Å². The zero-order chi connectivity index (χ0) is 21.4. The molecule has 0 amide bonds. The molecule has 0 saturated carbocycles. The van der Waals surface area contributed by atoms with Crippen molar-refractivity contribution in [1.29, 1.82) is 0 Å². The molecule has 0 bridgehead atoms. The van der Waals surface area contributed by atoms with Gasteiger partial charge in [0.25, 0.3) is 0 Å². The Bertz CT molecular complexity index is 1140. The summed E-state index contributed by atoms with van der Waals surface area (Å²) >= 11 is 1.46. The number of pyridine rings is 1. The van der Waals surface area contributed by atoms with Crippen molar-refractivity contribution < 1.29 is 9.53 Å². The lowest BCUT2D eigenvalue weighted by Crippen LogP contribution is -2.26. The second-order valence-corrected chi connectivity index (χ2v) is 9.69. The highest BCUT2D eigenvalue weighted by Crippen LogP contribution is 2.40. The molecule has 5 rings (SSSR count). The minimum absolute atomic E-state index is 0.0383. The van der Waals surface area contributed by atoms with Gasteiger partial charge in [-0.25, -0.2) is 4.98 Å². The zero-order valence-corrected chi connectivity index (χ0v) is 18.4. The van der Waals surface area contributed by atoms with Crippen LogP contribution in [0.15, 0.2) is 72.4 Å². The predicted molar refractivity (Wildman–Crippen MR) is 123 cm³/mol. The first-order chi connectivity index (χ1) is 15.0. The average Bonchev–Trinajstić information content (AvgIpc) is 3.18. The topological polar surface area (TPSA) is 67.3 Å². The molecule has 2 aromatic heterocycles. The minimum Gasteiger partial charge on any atom is -0.462 e. The number of allylic oxidation sites excluding steroid dienone is 3. The van der Waals surface area contributed by atoms with Crippen LogP contribution in [0.2, 0.25) is 0 Å². The number of nitrogens with zero attached hydrogens (tertiary/aromatic N) is 3. The van der Waals surface area contributed by atoms with Crippen molar-refractivity contribution >= 4 is 27.9 Å². The molecule has 7 heteroatoms. The van der Waals surface area contributed by atoms with Crippen molar-refractivity contribution in [3.8, 4) is 0 Å². The standard InChI is InChI=1S/C24H24N4O2S/c1-24(2)12-19-22(20(29)13-24)31-23(27-19)28-10-11-30-21(15-28)17-7-3-4-8-18(17)26-16-6-5-9-25-14-16/h4-6,8-11,14-15,26H,3,7,12-13H2,1-2H3. The van der Waals surface area contributed by atoms with Gasteiger partial charge >= 0.3 is 0 Å². The van der Waals surface area contributed by atoms with Crippen molar-refractivity contribution in [2.45, 2.75) is 39.5 Å². The summed E-state index contributed by atoms with van der Waals surface area (Å²) in [5.74, 6) is 0.970. The molecule has 2 aromatic rings. The molecule has 0 aromatic carbocycles. The maximum atomic E-state index is 12.6. The fraction of sp³-hybridized carbons (Fsp3) is 0.292. The van der Waals surface area contributed by atoms with Crippen LogP contribution in [0.3, 0.4) is 0 Å². The number of hydrogen-bond acceptors (Lipinski definition) is 7. The highest BCUT2D eigenvalue weighted by Gasteiger charge is 2.34. The van der Waals surface area contributed by atoms with Crippen LogP contribution in [0.5, 0.6) is 0 Å². The summed E-state index contributed by atoms with van der Waals surface area (Å²) in [5, 5.41) is 4.24. The molecule has 158 valence electrons. The number of carbonyl (C=O) groups is 1. The normalized spacial score (nSPS) is 19.7. The Kier molecular flexibility index (Phi) is 4.98. The van der Waals surface area contributed by atoms with E-state index >= 15 is 0 Å². The molecular weight excluding hydrogens is 408 g/mol. The van der Waals surface area contributed by atoms with Gasteiger partial charge < -0.3 is 10.1 Å². The molecule has 0 spiro atoms. The summed E-state index contributed by atoms with van der Waals surface area (Å²) in [5.41, 5.74) is 3.90. The maximum absolute atomic E-state index is 12.6. The van der Waals surface area contributed by atoms with Gasteiger partial charge in [0.15, 0.2) is 10.9 Å². The Morgan fingerprint density at radius 1 is 1.29 bits per heavy atom. The number of rotatable bonds is 4. The van der Waals surface area contributed by atoms with Gasteiger partial charge in [-0.1, -0.05) is 31.3 Å². The number of carbonyl (C=O) groups excluding carboxylic acids is 1. The number of ketones is 1. The number of fused-ring (bicyclic) bond motifs is 1. The molecule has 2 aliphatic carbocycles. The maximum Gasteiger partial charge on any atom is 0.194 e. The lowest BCUT2D eigenvalue weighted by atomic mass is 9.78. The molecule has 0 saturated heterocycles. The van der Waals surface area contributed by atoms with E-state index in [1.807, 2.05) is 29.4 Å². The summed E-state index contributed by atoms with van der Waals surface area (Å²) < 4.78 is 5.89. The van der Waals surface area contributed by atoms with Gasteiger partial charge in [-0.05, 0) is 42.9 Å². The molecular formula is C24H24N4O2S. The average molecular weight is 433 g/mol. The van der Waals surface area contributed by atoms with E-state index in [1.54, 1.807) is 18.7 Å². The van der Waals surface area contributed by atoms with E-state index in [4.69, 9.17) is 9.72 Å². The molecule has 0 fully saturated rings. The SMILES string of the molecule is CC1(C)CC(=O)c2sc(N3C=COC(C4=C(Nc5cccnc5)C=CCC4)=C3)nc2C1. The van der Waals surface area contributed by atoms with E-state index in [0.29, 0.717) is 6.42 Å². The van der Waals surface area contributed by atoms with Crippen molar-refractivity contribution in [3.05, 3.63) is 82.9 Å². The molecule has 1 N–H and O–H groups in total. The molecule has 6 nitrogen and oxygen atoms in total. The van der Waals surface area contributed by atoms with Crippen LogP contribution in [0.4, 0.5) is 10.8 Å². The Labute approximate surface area is 185 Å². The van der Waals surface area contributed by atoms with Crippen LogP contribution >= 0.6 is 11.3 Å². The summed E-state index contributed by atoms with van der Waals surface area (Å²) in [6, 6.07) is 3.89. The van der Waals surface area contributed by atoms with Crippen LogP contribution in [0.1, 0.15) is 48.5 Å². The fourth-order valence-electron chi connectivity index (χ4n) is 4.08. The number of aromatic nitrogens is 2. The van der Waals surface area contributed by atoms with Gasteiger partial charge in [-0.2, -0.15) is 0 Å². The van der Waals surface area contributed by atoms with Crippen LogP contribution in [-0.2, 0) is 11.2 Å². The summed E-state index contributed by atoms with van der Waals surface area (Å²) in [7, 11) is 0. The van der Waals surface area contributed by atoms with Crippen molar-refractivity contribution in [2.75, 3.05) is 10.2 Å². The Morgan fingerprint density at radius 2 is 2.19 bits per heavy atom. The van der Waals surface area contributed by atoms with Crippen LogP contribution < -0.4 is 10.2 Å². The number of hydrogen-bond donors (Lipinski definition) is 1. The van der Waals surface area contributed by atoms with E-state index in [0.717, 1.165) is 57.7 Å². The zero-order valence-electron chi connectivity index (χ0n) is 17.6. The first-order valence-corrected chi connectivity index (χ1v) is 11.2. The van der Waals surface area contributed by atoms with Crippen molar-refractivity contribution in [3.63, 3.8) is 0 Å². The molecule has 1 aliphatic heterocycles. The second kappa shape index (κ2) is 7.81. The molecule has 0 radical (unpaired) electrons. The Balaban J connectivity index is 1.46. The Morgan fingerprint density at radius 3 is 3.03 bits per heavy atom. The van der Waals surface area contributed by atoms with Gasteiger partial charge in [-0.15, -0.1) is 0 Å². The largest absolute Gasteiger partial charge is 0.462 e. The van der Waals surface area contributed by atoms with Gasteiger partial charge in [0.1, 0.15) is 12.0 Å². The van der Waals surface area contributed by atoms with Gasteiger partial charge in [-0.3, -0.25) is 14.7 Å². The molecule has 3 aliphatic rings. The first-order valence-electron chi connectivity index (χ1n) is 10.4. The number of anilines is 2. The van der Waals surface area contributed by atoms with E-state index in [2.05, 4.69) is 36.3 Å².